The van der Waals surface area contributed by atoms with Crippen molar-refractivity contribution in [3.8, 4) is 11.8 Å². The zero-order valence-electron chi connectivity index (χ0n) is 19.3. The Bertz CT molecular complexity index is 1480. The Morgan fingerprint density at radius 2 is 1.11 bits per heavy atom. The molecule has 0 saturated heterocycles. The fraction of sp³-hybridized carbons (Fsp3) is 0. The van der Waals surface area contributed by atoms with E-state index in [1.54, 1.807) is 12.1 Å². The van der Waals surface area contributed by atoms with E-state index in [1.165, 1.54) is 12.1 Å². The molecule has 0 amide bonds. The summed E-state index contributed by atoms with van der Waals surface area (Å²) < 4.78 is 6.27. The first kappa shape index (κ1) is 22.6. The van der Waals surface area contributed by atoms with Crippen molar-refractivity contribution in [1.82, 2.24) is 0 Å². The molecule has 4 aromatic carbocycles. The van der Waals surface area contributed by atoms with E-state index in [1.807, 2.05) is 97.1 Å². The topological polar surface area (TPSA) is 52.4 Å². The van der Waals surface area contributed by atoms with Crippen molar-refractivity contribution in [2.24, 2.45) is 0 Å². The van der Waals surface area contributed by atoms with E-state index >= 15 is 0 Å². The van der Waals surface area contributed by atoms with Crippen LogP contribution in [0.5, 0.6) is 0 Å². The van der Waals surface area contributed by atoms with Crippen LogP contribution in [-0.2, 0) is 4.74 Å². The summed E-state index contributed by atoms with van der Waals surface area (Å²) in [6.07, 6.45) is 6.20. The number of nitro benzene ring substituents is 1. The van der Waals surface area contributed by atoms with Crippen molar-refractivity contribution in [2.45, 2.75) is 0 Å². The van der Waals surface area contributed by atoms with Crippen LogP contribution in [0.2, 0.25) is 0 Å². The highest BCUT2D eigenvalue weighted by Crippen LogP contribution is 2.32. The Balaban J connectivity index is 1.41. The molecule has 172 valence electrons. The van der Waals surface area contributed by atoms with Gasteiger partial charge < -0.3 is 4.74 Å². The minimum atomic E-state index is -0.418. The van der Waals surface area contributed by atoms with Crippen molar-refractivity contribution in [3.05, 3.63) is 165 Å². The highest BCUT2D eigenvalue weighted by molar-refractivity contribution is 5.80. The third kappa shape index (κ3) is 5.49. The highest BCUT2D eigenvalue weighted by Gasteiger charge is 2.14. The van der Waals surface area contributed by atoms with Crippen molar-refractivity contribution in [2.75, 3.05) is 0 Å². The summed E-state index contributed by atoms with van der Waals surface area (Å²) >= 11 is 0. The predicted octanol–water partition coefficient (Wildman–Crippen LogP) is 7.49. The molecular formula is C32H21NO3. The summed E-state index contributed by atoms with van der Waals surface area (Å²) in [5.74, 6) is 7.77. The third-order valence-electron chi connectivity index (χ3n) is 5.61. The molecule has 0 spiro atoms. The van der Waals surface area contributed by atoms with Crippen molar-refractivity contribution in [1.29, 1.82) is 0 Å². The van der Waals surface area contributed by atoms with Crippen LogP contribution < -0.4 is 0 Å². The molecular weight excluding hydrogens is 446 g/mol. The molecule has 1 aliphatic heterocycles. The average Bonchev–Trinajstić information content (AvgIpc) is 2.94. The molecule has 1 aliphatic rings. The van der Waals surface area contributed by atoms with Gasteiger partial charge in [-0.05, 0) is 53.6 Å². The number of nitro groups is 1. The Morgan fingerprint density at radius 3 is 1.58 bits per heavy atom. The fourth-order valence-electron chi connectivity index (χ4n) is 3.76. The first-order chi connectivity index (χ1) is 17.6. The van der Waals surface area contributed by atoms with Crippen LogP contribution in [0.15, 0.2) is 127 Å². The first-order valence-electron chi connectivity index (χ1n) is 11.4. The fourth-order valence-corrected chi connectivity index (χ4v) is 3.76. The number of nitrogens with zero attached hydrogens (tertiary/aromatic N) is 1. The van der Waals surface area contributed by atoms with Crippen LogP contribution in [0.3, 0.4) is 0 Å². The molecule has 0 bridgehead atoms. The van der Waals surface area contributed by atoms with Gasteiger partial charge in [-0.1, -0.05) is 84.6 Å². The lowest BCUT2D eigenvalue weighted by molar-refractivity contribution is -0.384. The van der Waals surface area contributed by atoms with E-state index in [0.717, 1.165) is 44.9 Å². The number of benzene rings is 4. The van der Waals surface area contributed by atoms with Gasteiger partial charge in [0.05, 0.1) is 4.92 Å². The lowest BCUT2D eigenvalue weighted by atomic mass is 10.0. The molecule has 0 saturated carbocycles. The maximum atomic E-state index is 10.8. The molecule has 4 nitrogen and oxygen atoms in total. The predicted molar refractivity (Wildman–Crippen MR) is 143 cm³/mol. The van der Waals surface area contributed by atoms with E-state index in [-0.39, 0.29) is 5.69 Å². The van der Waals surface area contributed by atoms with Crippen LogP contribution in [0.4, 0.5) is 5.69 Å². The maximum Gasteiger partial charge on any atom is 0.269 e. The Morgan fingerprint density at radius 1 is 0.639 bits per heavy atom. The summed E-state index contributed by atoms with van der Waals surface area (Å²) in [5.41, 5.74) is 5.75. The average molecular weight is 468 g/mol. The van der Waals surface area contributed by atoms with Gasteiger partial charge in [-0.15, -0.1) is 0 Å². The lowest BCUT2D eigenvalue weighted by Gasteiger charge is -2.19. The van der Waals surface area contributed by atoms with Gasteiger partial charge in [0.15, 0.2) is 0 Å². The number of allylic oxidation sites excluding steroid dienone is 3. The SMILES string of the molecule is O=[N+]([O-])c1ccc(C#Cc2ccc(C=C3C=C(c4ccccc4)OC(c4ccccc4)=C3)cc2)cc1. The van der Waals surface area contributed by atoms with E-state index in [4.69, 9.17) is 4.74 Å². The van der Waals surface area contributed by atoms with Gasteiger partial charge in [0.2, 0.25) is 0 Å². The smallest absolute Gasteiger partial charge is 0.269 e. The Kier molecular flexibility index (Phi) is 6.55. The number of hydrogen-bond acceptors (Lipinski definition) is 3. The standard InChI is InChI=1S/C32H21NO3/c34-33(35)30-19-17-25(18-20-30)12-11-24-13-15-26(16-14-24)21-27-22-31(28-7-3-1-4-8-28)36-32(23-27)29-9-5-2-6-10-29/h1-10,13-23H. The monoisotopic (exact) mass is 467 g/mol. The second-order valence-corrected chi connectivity index (χ2v) is 8.17. The van der Waals surface area contributed by atoms with E-state index in [9.17, 15) is 10.1 Å². The Labute approximate surface area is 209 Å². The van der Waals surface area contributed by atoms with Crippen molar-refractivity contribution >= 4 is 23.3 Å². The molecule has 5 rings (SSSR count). The number of non-ortho nitro benzene ring substituents is 1. The number of hydrogen-bond donors (Lipinski definition) is 0. The molecule has 4 aromatic rings. The molecule has 0 radical (unpaired) electrons. The summed E-state index contributed by atoms with van der Waals surface area (Å²) in [7, 11) is 0. The van der Waals surface area contributed by atoms with Gasteiger partial charge in [0.25, 0.3) is 5.69 Å². The summed E-state index contributed by atoms with van der Waals surface area (Å²) in [5, 5.41) is 10.8. The number of ether oxygens (including phenoxy) is 1. The van der Waals surface area contributed by atoms with Gasteiger partial charge in [-0.3, -0.25) is 10.1 Å². The largest absolute Gasteiger partial charge is 0.456 e. The highest BCUT2D eigenvalue weighted by atomic mass is 16.6. The van der Waals surface area contributed by atoms with Crippen molar-refractivity contribution < 1.29 is 9.66 Å². The summed E-state index contributed by atoms with van der Waals surface area (Å²) in [4.78, 5) is 10.4. The second-order valence-electron chi connectivity index (χ2n) is 8.17. The molecule has 4 heteroatoms. The van der Waals surface area contributed by atoms with Gasteiger partial charge >= 0.3 is 0 Å². The summed E-state index contributed by atoms with van der Waals surface area (Å²) in [6.45, 7) is 0. The lowest BCUT2D eigenvalue weighted by Crippen LogP contribution is -1.99. The van der Waals surface area contributed by atoms with Crippen molar-refractivity contribution in [3.63, 3.8) is 0 Å². The van der Waals surface area contributed by atoms with E-state index in [0.29, 0.717) is 0 Å². The first-order valence-corrected chi connectivity index (χ1v) is 11.4. The molecule has 0 unspecified atom stereocenters. The van der Waals surface area contributed by atoms with E-state index < -0.39 is 4.92 Å². The second kappa shape index (κ2) is 10.4. The molecule has 0 aromatic heterocycles. The van der Waals surface area contributed by atoms with Gasteiger partial charge in [0, 0.05) is 34.4 Å². The molecule has 0 fully saturated rings. The molecule has 0 aliphatic carbocycles. The zero-order valence-corrected chi connectivity index (χ0v) is 19.3. The van der Waals surface area contributed by atoms with Crippen LogP contribution in [0.25, 0.3) is 17.6 Å². The summed E-state index contributed by atoms with van der Waals surface area (Å²) in [6, 6.07) is 34.3. The normalized spacial score (nSPS) is 12.4. The quantitative estimate of drug-likeness (QED) is 0.177. The van der Waals surface area contributed by atoms with Gasteiger partial charge in [0.1, 0.15) is 11.5 Å². The third-order valence-corrected chi connectivity index (χ3v) is 5.61. The van der Waals surface area contributed by atoms with Gasteiger partial charge in [-0.25, -0.2) is 0 Å². The van der Waals surface area contributed by atoms with E-state index in [2.05, 4.69) is 17.9 Å². The molecule has 0 N–H and O–H groups in total. The minimum absolute atomic E-state index is 0.0556. The van der Waals surface area contributed by atoms with Crippen LogP contribution in [-0.4, -0.2) is 4.92 Å². The molecule has 1 heterocycles. The van der Waals surface area contributed by atoms with Crippen LogP contribution in [0.1, 0.15) is 27.8 Å². The van der Waals surface area contributed by atoms with Crippen LogP contribution >= 0.6 is 0 Å². The molecule has 36 heavy (non-hydrogen) atoms. The number of rotatable bonds is 4. The van der Waals surface area contributed by atoms with Crippen LogP contribution in [0, 0.1) is 22.0 Å². The Hall–Kier alpha value is -5.14. The molecule has 0 atom stereocenters. The zero-order chi connectivity index (χ0) is 24.7. The maximum absolute atomic E-state index is 10.8. The minimum Gasteiger partial charge on any atom is -0.456 e. The van der Waals surface area contributed by atoms with Gasteiger partial charge in [-0.2, -0.15) is 0 Å².